The zero-order valence-corrected chi connectivity index (χ0v) is 8.93. The van der Waals surface area contributed by atoms with Crippen LogP contribution in [0.1, 0.15) is 18.5 Å². The van der Waals surface area contributed by atoms with E-state index in [0.29, 0.717) is 11.1 Å². The van der Waals surface area contributed by atoms with Crippen LogP contribution in [-0.4, -0.2) is 15.6 Å². The lowest BCUT2D eigenvalue weighted by molar-refractivity contribution is -0.140. The highest BCUT2D eigenvalue weighted by Gasteiger charge is 2.20. The Bertz CT molecular complexity index is 608. The minimum atomic E-state index is -1.06. The lowest BCUT2D eigenvalue weighted by Gasteiger charge is -2.06. The summed E-state index contributed by atoms with van der Waals surface area (Å²) in [7, 11) is 0. The Hall–Kier alpha value is -2.04. The Morgan fingerprint density at radius 1 is 1.50 bits per heavy atom. The topological polar surface area (TPSA) is 72.4 Å². The molecule has 1 heterocycles. The minimum absolute atomic E-state index is 0.406. The molecule has 0 aliphatic heterocycles. The molecule has 0 spiro atoms. The van der Waals surface area contributed by atoms with Crippen LogP contribution in [0.3, 0.4) is 0 Å². The molecule has 1 aromatic heterocycles. The van der Waals surface area contributed by atoms with Gasteiger partial charge in [0.1, 0.15) is 6.04 Å². The van der Waals surface area contributed by atoms with Crippen molar-refractivity contribution >= 4 is 17.1 Å². The van der Waals surface area contributed by atoms with Gasteiger partial charge in [0, 0.05) is 0 Å². The number of hydrogen-bond donors (Lipinski definition) is 1. The number of aryl methyl sites for hydroxylation is 1. The SMILES string of the molecule is Cc1ccc2oc(=O)n(C(C)C(=O)O)c2c1. The van der Waals surface area contributed by atoms with Gasteiger partial charge in [-0.3, -0.25) is 4.57 Å². The van der Waals surface area contributed by atoms with Gasteiger partial charge in [-0.2, -0.15) is 0 Å². The first kappa shape index (κ1) is 10.5. The van der Waals surface area contributed by atoms with Crippen LogP contribution in [0.15, 0.2) is 27.4 Å². The molecule has 1 unspecified atom stereocenters. The van der Waals surface area contributed by atoms with Gasteiger partial charge in [-0.05, 0) is 31.5 Å². The van der Waals surface area contributed by atoms with Gasteiger partial charge in [0.2, 0.25) is 0 Å². The van der Waals surface area contributed by atoms with E-state index in [1.165, 1.54) is 6.92 Å². The van der Waals surface area contributed by atoms with E-state index in [-0.39, 0.29) is 0 Å². The summed E-state index contributed by atoms with van der Waals surface area (Å²) >= 11 is 0. The molecule has 2 aromatic rings. The van der Waals surface area contributed by atoms with Crippen LogP contribution in [0.25, 0.3) is 11.1 Å². The molecule has 1 atom stereocenters. The van der Waals surface area contributed by atoms with Gasteiger partial charge < -0.3 is 9.52 Å². The Balaban J connectivity index is 2.77. The van der Waals surface area contributed by atoms with E-state index in [1.807, 2.05) is 6.92 Å². The third-order valence-electron chi connectivity index (χ3n) is 2.51. The first-order chi connectivity index (χ1) is 7.50. The first-order valence-corrected chi connectivity index (χ1v) is 4.85. The molecule has 0 bridgehead atoms. The monoisotopic (exact) mass is 221 g/mol. The molecular formula is C11H11NO4. The Kier molecular flexibility index (Phi) is 2.30. The zero-order chi connectivity index (χ0) is 11.9. The van der Waals surface area contributed by atoms with E-state index >= 15 is 0 Å². The molecule has 2 rings (SSSR count). The third kappa shape index (κ3) is 1.50. The number of hydrogen-bond acceptors (Lipinski definition) is 3. The van der Waals surface area contributed by atoms with Gasteiger partial charge in [0.15, 0.2) is 5.58 Å². The summed E-state index contributed by atoms with van der Waals surface area (Å²) < 4.78 is 6.11. The number of rotatable bonds is 2. The summed E-state index contributed by atoms with van der Waals surface area (Å²) in [5.74, 6) is -1.71. The summed E-state index contributed by atoms with van der Waals surface area (Å²) in [6, 6.07) is 4.27. The highest BCUT2D eigenvalue weighted by molar-refractivity contribution is 5.78. The summed E-state index contributed by atoms with van der Waals surface area (Å²) in [5, 5.41) is 8.91. The average Bonchev–Trinajstić information content (AvgIpc) is 2.52. The van der Waals surface area contributed by atoms with Crippen LogP contribution < -0.4 is 5.76 Å². The molecule has 1 aromatic carbocycles. The average molecular weight is 221 g/mol. The molecule has 0 saturated heterocycles. The molecule has 0 amide bonds. The summed E-state index contributed by atoms with van der Waals surface area (Å²) in [4.78, 5) is 22.4. The maximum Gasteiger partial charge on any atom is 0.420 e. The maximum atomic E-state index is 11.5. The number of fused-ring (bicyclic) bond motifs is 1. The van der Waals surface area contributed by atoms with Gasteiger partial charge in [-0.15, -0.1) is 0 Å². The van der Waals surface area contributed by atoms with Gasteiger partial charge in [0.25, 0.3) is 0 Å². The fraction of sp³-hybridized carbons (Fsp3) is 0.273. The number of oxazole rings is 1. The fourth-order valence-electron chi connectivity index (χ4n) is 1.62. The lowest BCUT2D eigenvalue weighted by Crippen LogP contribution is -2.24. The van der Waals surface area contributed by atoms with Crippen molar-refractivity contribution in [1.82, 2.24) is 4.57 Å². The van der Waals surface area contributed by atoms with Crippen molar-refractivity contribution in [1.29, 1.82) is 0 Å². The fourth-order valence-corrected chi connectivity index (χ4v) is 1.62. The first-order valence-electron chi connectivity index (χ1n) is 4.85. The van der Waals surface area contributed by atoms with Crippen LogP contribution in [0.5, 0.6) is 0 Å². The van der Waals surface area contributed by atoms with E-state index in [4.69, 9.17) is 9.52 Å². The van der Waals surface area contributed by atoms with E-state index in [0.717, 1.165) is 10.1 Å². The predicted octanol–water partition coefficient (Wildman–Crippen LogP) is 1.55. The molecular weight excluding hydrogens is 210 g/mol. The zero-order valence-electron chi connectivity index (χ0n) is 8.93. The van der Waals surface area contributed by atoms with E-state index < -0.39 is 17.8 Å². The number of aliphatic carboxylic acids is 1. The van der Waals surface area contributed by atoms with Crippen molar-refractivity contribution in [3.63, 3.8) is 0 Å². The second-order valence-electron chi connectivity index (χ2n) is 3.72. The van der Waals surface area contributed by atoms with Crippen LogP contribution in [0.4, 0.5) is 0 Å². The van der Waals surface area contributed by atoms with Crippen LogP contribution in [-0.2, 0) is 4.79 Å². The standard InChI is InChI=1S/C11H11NO4/c1-6-3-4-9-8(5-6)12(11(15)16-9)7(2)10(13)14/h3-5,7H,1-2H3,(H,13,14). The summed E-state index contributed by atoms with van der Waals surface area (Å²) in [5.41, 5.74) is 1.86. The smallest absolute Gasteiger partial charge is 0.420 e. The second kappa shape index (κ2) is 3.52. The number of benzene rings is 1. The molecule has 84 valence electrons. The van der Waals surface area contributed by atoms with Gasteiger partial charge in [-0.25, -0.2) is 9.59 Å². The van der Waals surface area contributed by atoms with Crippen LogP contribution in [0.2, 0.25) is 0 Å². The number of aromatic nitrogens is 1. The molecule has 5 heteroatoms. The van der Waals surface area contributed by atoms with Crippen molar-refractivity contribution in [3.05, 3.63) is 34.3 Å². The molecule has 0 aliphatic carbocycles. The molecule has 0 fully saturated rings. The van der Waals surface area contributed by atoms with Crippen molar-refractivity contribution < 1.29 is 14.3 Å². The van der Waals surface area contributed by atoms with Crippen molar-refractivity contribution in [2.75, 3.05) is 0 Å². The van der Waals surface area contributed by atoms with Crippen molar-refractivity contribution in [2.24, 2.45) is 0 Å². The Labute approximate surface area is 90.9 Å². The third-order valence-corrected chi connectivity index (χ3v) is 2.51. The number of carboxylic acid groups (broad SMARTS) is 1. The molecule has 5 nitrogen and oxygen atoms in total. The number of nitrogens with zero attached hydrogens (tertiary/aromatic N) is 1. The van der Waals surface area contributed by atoms with Crippen molar-refractivity contribution in [2.45, 2.75) is 19.9 Å². The van der Waals surface area contributed by atoms with Crippen LogP contribution in [0, 0.1) is 6.92 Å². The molecule has 0 aliphatic rings. The van der Waals surface area contributed by atoms with E-state index in [2.05, 4.69) is 0 Å². The van der Waals surface area contributed by atoms with Crippen LogP contribution >= 0.6 is 0 Å². The number of carbonyl (C=O) groups is 1. The molecule has 1 N–H and O–H groups in total. The van der Waals surface area contributed by atoms with Gasteiger partial charge in [0.05, 0.1) is 5.52 Å². The second-order valence-corrected chi connectivity index (χ2v) is 3.72. The summed E-state index contributed by atoms with van der Waals surface area (Å²) in [6.45, 7) is 3.31. The molecule has 0 saturated carbocycles. The Morgan fingerprint density at radius 3 is 2.81 bits per heavy atom. The molecule has 0 radical (unpaired) electrons. The highest BCUT2D eigenvalue weighted by Crippen LogP contribution is 2.18. The lowest BCUT2D eigenvalue weighted by atomic mass is 10.2. The van der Waals surface area contributed by atoms with E-state index in [1.54, 1.807) is 18.2 Å². The largest absolute Gasteiger partial charge is 0.480 e. The van der Waals surface area contributed by atoms with E-state index in [9.17, 15) is 9.59 Å². The van der Waals surface area contributed by atoms with Gasteiger partial charge in [-0.1, -0.05) is 6.07 Å². The Morgan fingerprint density at radius 2 is 2.19 bits per heavy atom. The maximum absolute atomic E-state index is 11.5. The number of carboxylic acids is 1. The minimum Gasteiger partial charge on any atom is -0.480 e. The summed E-state index contributed by atoms with van der Waals surface area (Å²) in [6.07, 6.45) is 0. The molecule has 16 heavy (non-hydrogen) atoms. The van der Waals surface area contributed by atoms with Gasteiger partial charge >= 0.3 is 11.7 Å². The quantitative estimate of drug-likeness (QED) is 0.835. The normalized spacial score (nSPS) is 12.9. The predicted molar refractivity (Wildman–Crippen MR) is 57.6 cm³/mol. The van der Waals surface area contributed by atoms with Crippen molar-refractivity contribution in [3.8, 4) is 0 Å². The highest BCUT2D eigenvalue weighted by atomic mass is 16.4.